The molecular weight excluding hydrogens is 319 g/mol. The topological polar surface area (TPSA) is 24.9 Å². The number of rotatable bonds is 5. The molecule has 2 aromatic rings. The molecule has 1 aromatic heterocycles. The molecule has 0 aliphatic carbocycles. The molecule has 20 heavy (non-hydrogen) atoms. The van der Waals surface area contributed by atoms with Gasteiger partial charge in [0.25, 0.3) is 0 Å². The molecule has 0 aliphatic heterocycles. The molecule has 1 aromatic carbocycles. The van der Waals surface area contributed by atoms with Crippen molar-refractivity contribution in [1.29, 1.82) is 0 Å². The lowest BCUT2D eigenvalue weighted by molar-refractivity contribution is 0.542. The molecule has 0 saturated carbocycles. The van der Waals surface area contributed by atoms with Crippen molar-refractivity contribution in [1.82, 2.24) is 10.3 Å². The molecule has 1 unspecified atom stereocenters. The molecule has 1 heterocycles. The maximum absolute atomic E-state index is 13.5. The third-order valence-corrected chi connectivity index (χ3v) is 3.73. The highest BCUT2D eigenvalue weighted by Gasteiger charge is 2.14. The highest BCUT2D eigenvalue weighted by molar-refractivity contribution is 9.10. The Labute approximate surface area is 127 Å². The zero-order valence-corrected chi connectivity index (χ0v) is 13.2. The third kappa shape index (κ3) is 3.87. The van der Waals surface area contributed by atoms with Gasteiger partial charge in [-0.05, 0) is 60.8 Å². The molecule has 0 radical (unpaired) electrons. The molecule has 0 spiro atoms. The molecule has 4 heteroatoms. The van der Waals surface area contributed by atoms with Gasteiger partial charge in [-0.3, -0.25) is 4.98 Å². The highest BCUT2D eigenvalue weighted by Crippen LogP contribution is 2.23. The number of nitrogens with one attached hydrogen (secondary N) is 1. The van der Waals surface area contributed by atoms with Gasteiger partial charge in [0.2, 0.25) is 0 Å². The van der Waals surface area contributed by atoms with E-state index in [1.165, 1.54) is 11.6 Å². The quantitative estimate of drug-likeness (QED) is 0.885. The Balaban J connectivity index is 2.28. The van der Waals surface area contributed by atoms with E-state index in [1.54, 1.807) is 12.3 Å². The lowest BCUT2D eigenvalue weighted by Gasteiger charge is -2.20. The van der Waals surface area contributed by atoms with Crippen molar-refractivity contribution in [2.24, 2.45) is 0 Å². The smallest absolute Gasteiger partial charge is 0.124 e. The molecule has 2 nitrogen and oxygen atoms in total. The summed E-state index contributed by atoms with van der Waals surface area (Å²) in [5, 5.41) is 3.45. The first-order valence-corrected chi connectivity index (χ1v) is 7.48. The number of aryl methyl sites for hydroxylation is 1. The minimum Gasteiger partial charge on any atom is -0.310 e. The number of nitrogens with zero attached hydrogens (tertiary/aromatic N) is 1. The van der Waals surface area contributed by atoms with E-state index in [-0.39, 0.29) is 11.9 Å². The van der Waals surface area contributed by atoms with Gasteiger partial charge in [-0.2, -0.15) is 0 Å². The van der Waals surface area contributed by atoms with E-state index in [0.717, 1.165) is 28.6 Å². The fourth-order valence-corrected chi connectivity index (χ4v) is 2.86. The van der Waals surface area contributed by atoms with Crippen molar-refractivity contribution in [3.05, 3.63) is 63.6 Å². The lowest BCUT2D eigenvalue weighted by atomic mass is 9.97. The van der Waals surface area contributed by atoms with Crippen LogP contribution in [0.4, 0.5) is 4.39 Å². The summed E-state index contributed by atoms with van der Waals surface area (Å²) >= 11 is 3.34. The molecule has 0 fully saturated rings. The van der Waals surface area contributed by atoms with Gasteiger partial charge in [0.05, 0.1) is 0 Å². The summed E-state index contributed by atoms with van der Waals surface area (Å²) in [7, 11) is 0. The summed E-state index contributed by atoms with van der Waals surface area (Å²) in [5.74, 6) is -0.215. The molecule has 2 rings (SSSR count). The standard InChI is InChI=1S/C16H18BrFN2/c1-3-20-16(15-10-19-5-4-11(15)2)8-12-6-13(17)9-14(18)7-12/h4-7,9-10,16,20H,3,8H2,1-2H3. The van der Waals surface area contributed by atoms with Gasteiger partial charge in [-0.15, -0.1) is 0 Å². The number of benzene rings is 1. The molecule has 1 N–H and O–H groups in total. The second-order valence-corrected chi connectivity index (χ2v) is 5.74. The van der Waals surface area contributed by atoms with E-state index in [1.807, 2.05) is 18.3 Å². The van der Waals surface area contributed by atoms with Gasteiger partial charge < -0.3 is 5.32 Å². The Kier molecular flexibility index (Phi) is 5.26. The van der Waals surface area contributed by atoms with E-state index in [2.05, 4.69) is 40.1 Å². The largest absolute Gasteiger partial charge is 0.310 e. The Hall–Kier alpha value is -1.26. The molecule has 0 bridgehead atoms. The number of pyridine rings is 1. The zero-order chi connectivity index (χ0) is 14.5. The first-order chi connectivity index (χ1) is 9.60. The van der Waals surface area contributed by atoms with Crippen molar-refractivity contribution in [2.45, 2.75) is 26.3 Å². The fourth-order valence-electron chi connectivity index (χ4n) is 2.34. The van der Waals surface area contributed by atoms with E-state index in [0.29, 0.717) is 0 Å². The number of aromatic nitrogens is 1. The van der Waals surface area contributed by atoms with Gasteiger partial charge >= 0.3 is 0 Å². The van der Waals surface area contributed by atoms with Crippen LogP contribution in [0.25, 0.3) is 0 Å². The molecule has 0 saturated heterocycles. The molecular formula is C16H18BrFN2. The summed E-state index contributed by atoms with van der Waals surface area (Å²) in [6.07, 6.45) is 4.41. The minimum absolute atomic E-state index is 0.141. The van der Waals surface area contributed by atoms with Crippen LogP contribution in [0, 0.1) is 12.7 Å². The van der Waals surface area contributed by atoms with Crippen molar-refractivity contribution in [3.63, 3.8) is 0 Å². The summed E-state index contributed by atoms with van der Waals surface area (Å²) in [6, 6.07) is 7.16. The zero-order valence-electron chi connectivity index (χ0n) is 11.7. The van der Waals surface area contributed by atoms with Crippen LogP contribution < -0.4 is 5.32 Å². The second kappa shape index (κ2) is 6.95. The van der Waals surface area contributed by atoms with Crippen LogP contribution in [0.1, 0.15) is 29.7 Å². The lowest BCUT2D eigenvalue weighted by Crippen LogP contribution is -2.24. The van der Waals surface area contributed by atoms with Crippen LogP contribution in [0.3, 0.4) is 0 Å². The van der Waals surface area contributed by atoms with E-state index < -0.39 is 0 Å². The Morgan fingerprint density at radius 1 is 1.35 bits per heavy atom. The number of likely N-dealkylation sites (N-methyl/N-ethyl adjacent to an activating group) is 1. The summed E-state index contributed by atoms with van der Waals surface area (Å²) in [6.45, 7) is 5.00. The predicted octanol–water partition coefficient (Wildman–Crippen LogP) is 4.18. The number of hydrogen-bond donors (Lipinski definition) is 1. The predicted molar refractivity (Wildman–Crippen MR) is 83.2 cm³/mol. The van der Waals surface area contributed by atoms with E-state index >= 15 is 0 Å². The fraction of sp³-hybridized carbons (Fsp3) is 0.312. The van der Waals surface area contributed by atoms with Crippen molar-refractivity contribution in [3.8, 4) is 0 Å². The first kappa shape index (κ1) is 15.1. The van der Waals surface area contributed by atoms with Gasteiger partial charge in [0.1, 0.15) is 5.82 Å². The average molecular weight is 337 g/mol. The van der Waals surface area contributed by atoms with Crippen molar-refractivity contribution >= 4 is 15.9 Å². The van der Waals surface area contributed by atoms with Crippen LogP contribution in [0.2, 0.25) is 0 Å². The summed E-state index contributed by atoms with van der Waals surface area (Å²) in [5.41, 5.74) is 3.32. The Morgan fingerprint density at radius 3 is 2.80 bits per heavy atom. The van der Waals surface area contributed by atoms with Crippen LogP contribution in [-0.4, -0.2) is 11.5 Å². The molecule has 106 valence electrons. The Morgan fingerprint density at radius 2 is 2.15 bits per heavy atom. The maximum atomic E-state index is 13.5. The number of hydrogen-bond acceptors (Lipinski definition) is 2. The Bertz CT molecular complexity index is 566. The second-order valence-electron chi connectivity index (χ2n) is 4.82. The summed E-state index contributed by atoms with van der Waals surface area (Å²) < 4.78 is 14.3. The molecule has 0 aliphatic rings. The van der Waals surface area contributed by atoms with Crippen LogP contribution >= 0.6 is 15.9 Å². The SMILES string of the molecule is CCNC(Cc1cc(F)cc(Br)c1)c1cnccc1C. The van der Waals surface area contributed by atoms with Gasteiger partial charge in [0, 0.05) is 22.9 Å². The number of halogens is 2. The maximum Gasteiger partial charge on any atom is 0.124 e. The van der Waals surface area contributed by atoms with E-state index in [9.17, 15) is 4.39 Å². The average Bonchev–Trinajstić information content (AvgIpc) is 2.37. The monoisotopic (exact) mass is 336 g/mol. The van der Waals surface area contributed by atoms with Crippen molar-refractivity contribution < 1.29 is 4.39 Å². The minimum atomic E-state index is -0.215. The van der Waals surface area contributed by atoms with Crippen molar-refractivity contribution in [2.75, 3.05) is 6.54 Å². The van der Waals surface area contributed by atoms with Crippen LogP contribution in [0.15, 0.2) is 41.1 Å². The van der Waals surface area contributed by atoms with Gasteiger partial charge in [0.15, 0.2) is 0 Å². The first-order valence-electron chi connectivity index (χ1n) is 6.69. The third-order valence-electron chi connectivity index (χ3n) is 3.27. The van der Waals surface area contributed by atoms with Crippen LogP contribution in [-0.2, 0) is 6.42 Å². The molecule has 0 amide bonds. The normalized spacial score (nSPS) is 12.4. The summed E-state index contributed by atoms with van der Waals surface area (Å²) in [4.78, 5) is 4.20. The van der Waals surface area contributed by atoms with E-state index in [4.69, 9.17) is 0 Å². The van der Waals surface area contributed by atoms with Gasteiger partial charge in [-0.1, -0.05) is 22.9 Å². The van der Waals surface area contributed by atoms with Gasteiger partial charge in [-0.25, -0.2) is 4.39 Å². The molecule has 1 atom stereocenters. The highest BCUT2D eigenvalue weighted by atomic mass is 79.9. The van der Waals surface area contributed by atoms with Crippen LogP contribution in [0.5, 0.6) is 0 Å².